The Morgan fingerprint density at radius 2 is 2.00 bits per heavy atom. The summed E-state index contributed by atoms with van der Waals surface area (Å²) in [6.07, 6.45) is 0. The third-order valence-electron chi connectivity index (χ3n) is 4.15. The Balaban J connectivity index is 1.87. The van der Waals surface area contributed by atoms with Crippen molar-refractivity contribution in [2.45, 2.75) is 13.8 Å². The largest absolute Gasteiger partial charge is 0.361 e. The number of anilines is 2. The molecule has 6 nitrogen and oxygen atoms in total. The van der Waals surface area contributed by atoms with E-state index in [9.17, 15) is 4.91 Å². The summed E-state index contributed by atoms with van der Waals surface area (Å²) < 4.78 is 5.31. The number of hydrazine groups is 1. The van der Waals surface area contributed by atoms with Crippen LogP contribution in [0, 0.1) is 18.8 Å². The molecule has 7 heteroatoms. The molecule has 1 N–H and O–H groups in total. The molecular formula is C17H13ClN4O2. The van der Waals surface area contributed by atoms with Gasteiger partial charge in [0.2, 0.25) is 0 Å². The maximum atomic E-state index is 10.4. The topological polar surface area (TPSA) is 70.5 Å². The van der Waals surface area contributed by atoms with Gasteiger partial charge < -0.3 is 4.52 Å². The van der Waals surface area contributed by atoms with Gasteiger partial charge in [-0.05, 0) is 43.2 Å². The highest BCUT2D eigenvalue weighted by Gasteiger charge is 2.30. The van der Waals surface area contributed by atoms with E-state index in [4.69, 9.17) is 16.1 Å². The lowest BCUT2D eigenvalue weighted by Gasteiger charge is -2.11. The molecule has 0 spiro atoms. The van der Waals surface area contributed by atoms with Crippen LogP contribution in [0.25, 0.3) is 22.3 Å². The molecule has 3 aromatic rings. The molecule has 1 aliphatic rings. The standard InChI is InChI=1S/C17H13ClN4O2/c1-9-16(10(2)24-19-9)12-4-3-5-13(18)17(12)11-6-7-14-15(8-11)22(14)20-21-23/h3-8H,1-2H3,(H,20,23). The molecule has 1 aliphatic heterocycles. The molecule has 24 heavy (non-hydrogen) atoms. The normalized spacial score (nSPS) is 12.0. The molecule has 1 aromatic heterocycles. The van der Waals surface area contributed by atoms with Gasteiger partial charge in [0, 0.05) is 16.1 Å². The third-order valence-corrected chi connectivity index (χ3v) is 4.47. The van der Waals surface area contributed by atoms with E-state index in [0.29, 0.717) is 5.02 Å². The van der Waals surface area contributed by atoms with Crippen molar-refractivity contribution in [1.29, 1.82) is 0 Å². The zero-order chi connectivity index (χ0) is 16.8. The van der Waals surface area contributed by atoms with Gasteiger partial charge in [0.25, 0.3) is 0 Å². The van der Waals surface area contributed by atoms with E-state index in [-0.39, 0.29) is 0 Å². The Labute approximate surface area is 142 Å². The van der Waals surface area contributed by atoms with Gasteiger partial charge >= 0.3 is 0 Å². The molecule has 0 saturated heterocycles. The van der Waals surface area contributed by atoms with Gasteiger partial charge in [0.15, 0.2) is 0 Å². The minimum absolute atomic E-state index is 0.640. The highest BCUT2D eigenvalue weighted by atomic mass is 35.5. The fourth-order valence-corrected chi connectivity index (χ4v) is 3.33. The fourth-order valence-electron chi connectivity index (χ4n) is 3.05. The summed E-state index contributed by atoms with van der Waals surface area (Å²) in [7, 11) is 0. The van der Waals surface area contributed by atoms with E-state index in [2.05, 4.69) is 16.0 Å². The lowest BCUT2D eigenvalue weighted by atomic mass is 9.93. The van der Waals surface area contributed by atoms with Crippen LogP contribution in [0.4, 0.5) is 11.4 Å². The number of nitroso groups, excluding NO2 is 1. The predicted molar refractivity (Wildman–Crippen MR) is 92.9 cm³/mol. The van der Waals surface area contributed by atoms with Crippen molar-refractivity contribution >= 4 is 23.0 Å². The average Bonchev–Trinajstić information content (AvgIpc) is 3.14. The molecule has 2 heterocycles. The quantitative estimate of drug-likeness (QED) is 0.415. The molecule has 0 bridgehead atoms. The van der Waals surface area contributed by atoms with Crippen molar-refractivity contribution in [1.82, 2.24) is 10.7 Å². The number of benzene rings is 2. The summed E-state index contributed by atoms with van der Waals surface area (Å²) in [5.74, 6) is 0.746. The molecule has 0 atom stereocenters. The first-order valence-corrected chi connectivity index (χ1v) is 7.74. The molecular weight excluding hydrogens is 328 g/mol. The van der Waals surface area contributed by atoms with Crippen LogP contribution >= 0.6 is 11.6 Å². The summed E-state index contributed by atoms with van der Waals surface area (Å²) in [5, 5.41) is 8.98. The van der Waals surface area contributed by atoms with Gasteiger partial charge in [-0.1, -0.05) is 35.0 Å². The number of hydrogen-bond acceptors (Lipinski definition) is 5. The molecule has 2 aromatic carbocycles. The number of halogens is 1. The molecule has 0 amide bonds. The Kier molecular flexibility index (Phi) is 3.28. The van der Waals surface area contributed by atoms with E-state index < -0.39 is 0 Å². The van der Waals surface area contributed by atoms with E-state index in [1.807, 2.05) is 50.2 Å². The smallest absolute Gasteiger partial charge is 0.141 e. The second-order valence-electron chi connectivity index (χ2n) is 5.59. The SMILES string of the molecule is Cc1noc(C)c1-c1cccc(Cl)c1-c1ccc2c(c1)N2NN=O. The van der Waals surface area contributed by atoms with Crippen molar-refractivity contribution < 1.29 is 4.52 Å². The maximum absolute atomic E-state index is 10.4. The third kappa shape index (κ3) is 2.15. The molecule has 0 aliphatic carbocycles. The highest BCUT2D eigenvalue weighted by molar-refractivity contribution is 6.34. The van der Waals surface area contributed by atoms with Crippen LogP contribution in [0.15, 0.2) is 46.2 Å². The Bertz CT molecular complexity index is 948. The van der Waals surface area contributed by atoms with Gasteiger partial charge in [-0.25, -0.2) is 5.01 Å². The molecule has 0 saturated carbocycles. The fraction of sp³-hybridized carbons (Fsp3) is 0.118. The maximum Gasteiger partial charge on any atom is 0.141 e. The number of nitrogens with one attached hydrogen (secondary N) is 1. The minimum atomic E-state index is 0.640. The van der Waals surface area contributed by atoms with Crippen LogP contribution in [0.3, 0.4) is 0 Å². The van der Waals surface area contributed by atoms with Crippen molar-refractivity contribution in [3.8, 4) is 22.3 Å². The predicted octanol–water partition coefficient (Wildman–Crippen LogP) is 4.92. The van der Waals surface area contributed by atoms with Gasteiger partial charge in [-0.15, -0.1) is 4.91 Å². The molecule has 4 rings (SSSR count). The van der Waals surface area contributed by atoms with E-state index >= 15 is 0 Å². The van der Waals surface area contributed by atoms with Crippen molar-refractivity contribution in [3.63, 3.8) is 0 Å². The Morgan fingerprint density at radius 1 is 1.17 bits per heavy atom. The Hall–Kier alpha value is -2.86. The first kappa shape index (κ1) is 14.7. The number of rotatable bonds is 4. The van der Waals surface area contributed by atoms with Crippen LogP contribution in [-0.2, 0) is 0 Å². The van der Waals surface area contributed by atoms with Crippen LogP contribution in [0.2, 0.25) is 5.02 Å². The number of aryl methyl sites for hydroxylation is 2. The summed E-state index contributed by atoms with van der Waals surface area (Å²) in [6.45, 7) is 3.79. The molecule has 0 fully saturated rings. The number of fused-ring (bicyclic) bond motifs is 1. The average molecular weight is 341 g/mol. The van der Waals surface area contributed by atoms with Crippen molar-refractivity contribution in [2.24, 2.45) is 5.29 Å². The van der Waals surface area contributed by atoms with Crippen LogP contribution in [-0.4, -0.2) is 5.16 Å². The van der Waals surface area contributed by atoms with E-state index in [0.717, 1.165) is 45.1 Å². The summed E-state index contributed by atoms with van der Waals surface area (Å²) in [6, 6.07) is 11.6. The molecule has 0 radical (unpaired) electrons. The van der Waals surface area contributed by atoms with Crippen LogP contribution < -0.4 is 10.5 Å². The summed E-state index contributed by atoms with van der Waals surface area (Å²) in [4.78, 5) is 10.4. The van der Waals surface area contributed by atoms with Crippen molar-refractivity contribution in [3.05, 3.63) is 57.8 Å². The number of aromatic nitrogens is 1. The van der Waals surface area contributed by atoms with Gasteiger partial charge in [0.05, 0.1) is 22.4 Å². The lowest BCUT2D eigenvalue weighted by Crippen LogP contribution is -2.14. The van der Waals surface area contributed by atoms with Crippen molar-refractivity contribution in [2.75, 3.05) is 5.01 Å². The summed E-state index contributed by atoms with van der Waals surface area (Å²) >= 11 is 6.50. The highest BCUT2D eigenvalue weighted by Crippen LogP contribution is 2.50. The second kappa shape index (κ2) is 5.35. The summed E-state index contributed by atoms with van der Waals surface area (Å²) in [5.41, 5.74) is 8.78. The van der Waals surface area contributed by atoms with E-state index in [1.54, 1.807) is 5.01 Å². The first-order valence-electron chi connectivity index (χ1n) is 7.36. The zero-order valence-corrected chi connectivity index (χ0v) is 13.8. The van der Waals surface area contributed by atoms with E-state index in [1.165, 1.54) is 0 Å². The lowest BCUT2D eigenvalue weighted by molar-refractivity contribution is 0.393. The van der Waals surface area contributed by atoms with Gasteiger partial charge in [0.1, 0.15) is 5.76 Å². The number of hydrogen-bond donors (Lipinski definition) is 1. The molecule has 120 valence electrons. The van der Waals surface area contributed by atoms with Gasteiger partial charge in [-0.2, -0.15) is 5.53 Å². The Morgan fingerprint density at radius 3 is 2.71 bits per heavy atom. The zero-order valence-electron chi connectivity index (χ0n) is 13.0. The monoisotopic (exact) mass is 340 g/mol. The first-order chi connectivity index (χ1) is 11.6. The van der Waals surface area contributed by atoms with Gasteiger partial charge in [-0.3, -0.25) is 0 Å². The minimum Gasteiger partial charge on any atom is -0.361 e. The number of nitrogens with zero attached hydrogens (tertiary/aromatic N) is 3. The molecule has 0 unspecified atom stereocenters. The second-order valence-corrected chi connectivity index (χ2v) is 6.00. The van der Waals surface area contributed by atoms with Crippen LogP contribution in [0.1, 0.15) is 11.5 Å². The van der Waals surface area contributed by atoms with Crippen LogP contribution in [0.5, 0.6) is 0 Å².